The molecule has 1 aliphatic rings. The maximum atomic E-state index is 12.6. The number of pyridine rings is 1. The molecule has 0 radical (unpaired) electrons. The molecule has 3 aromatic heterocycles. The summed E-state index contributed by atoms with van der Waals surface area (Å²) in [5.41, 5.74) is 8.66. The molecule has 8 heteroatoms. The number of nitrogens with zero attached hydrogens (tertiary/aromatic N) is 4. The van der Waals surface area contributed by atoms with Crippen molar-refractivity contribution < 1.29 is 9.21 Å². The van der Waals surface area contributed by atoms with Crippen molar-refractivity contribution in [1.29, 1.82) is 0 Å². The smallest absolute Gasteiger partial charge is 0.274 e. The number of hydrogen-bond acceptors (Lipinski definition) is 7. The molecule has 3 heterocycles. The predicted octanol–water partition coefficient (Wildman–Crippen LogP) is 1.92. The number of rotatable bonds is 3. The Kier molecular flexibility index (Phi) is 3.50. The van der Waals surface area contributed by atoms with E-state index in [2.05, 4.69) is 25.3 Å². The van der Waals surface area contributed by atoms with Crippen LogP contribution in [0.25, 0.3) is 17.7 Å². The normalized spacial score (nSPS) is 15.2. The van der Waals surface area contributed by atoms with E-state index in [1.807, 2.05) is 24.3 Å². The lowest BCUT2D eigenvalue weighted by atomic mass is 10.2. The highest BCUT2D eigenvalue weighted by Crippen LogP contribution is 2.26. The number of hydrogen-bond donors (Lipinski definition) is 2. The molecule has 1 aliphatic carbocycles. The lowest BCUT2D eigenvalue weighted by Crippen LogP contribution is -2.29. The Morgan fingerprint density at radius 3 is 2.96 bits per heavy atom. The van der Waals surface area contributed by atoms with Crippen LogP contribution in [0.1, 0.15) is 33.5 Å². The summed E-state index contributed by atoms with van der Waals surface area (Å²) in [6.45, 7) is 1.72. The highest BCUT2D eigenvalue weighted by molar-refractivity contribution is 5.97. The van der Waals surface area contributed by atoms with Gasteiger partial charge in [0.2, 0.25) is 5.89 Å². The van der Waals surface area contributed by atoms with Crippen LogP contribution in [0.15, 0.2) is 41.3 Å². The summed E-state index contributed by atoms with van der Waals surface area (Å²) in [5.74, 6) is -0.0970. The van der Waals surface area contributed by atoms with Gasteiger partial charge in [0.25, 0.3) is 5.91 Å². The Morgan fingerprint density at radius 2 is 2.16 bits per heavy atom. The number of aryl methyl sites for hydroxylation is 1. The molecule has 0 spiro atoms. The monoisotopic (exact) mass is 334 g/mol. The molecule has 124 valence electrons. The minimum atomic E-state index is -0.416. The van der Waals surface area contributed by atoms with Crippen molar-refractivity contribution in [3.05, 3.63) is 59.5 Å². The van der Waals surface area contributed by atoms with Crippen LogP contribution in [0, 0.1) is 6.92 Å². The number of nitrogen functional groups attached to an aromatic ring is 1. The van der Waals surface area contributed by atoms with E-state index in [1.165, 1.54) is 12.5 Å². The second-order valence-electron chi connectivity index (χ2n) is 5.52. The number of fused-ring (bicyclic) bond motifs is 1. The Labute approximate surface area is 142 Å². The predicted molar refractivity (Wildman–Crippen MR) is 90.2 cm³/mol. The van der Waals surface area contributed by atoms with Crippen LogP contribution in [-0.4, -0.2) is 25.8 Å². The maximum Gasteiger partial charge on any atom is 0.274 e. The van der Waals surface area contributed by atoms with Gasteiger partial charge >= 0.3 is 0 Å². The van der Waals surface area contributed by atoms with Gasteiger partial charge in [0.15, 0.2) is 11.5 Å². The number of nitrogens with two attached hydrogens (primary N) is 1. The molecule has 0 saturated carbocycles. The molecule has 1 unspecified atom stereocenters. The molecule has 3 N–H and O–H groups in total. The van der Waals surface area contributed by atoms with Crippen molar-refractivity contribution in [2.45, 2.75) is 13.0 Å². The van der Waals surface area contributed by atoms with Gasteiger partial charge < -0.3 is 15.5 Å². The van der Waals surface area contributed by atoms with Crippen LogP contribution in [-0.2, 0) is 0 Å². The second-order valence-corrected chi connectivity index (χ2v) is 5.52. The van der Waals surface area contributed by atoms with Crippen LogP contribution >= 0.6 is 0 Å². The second kappa shape index (κ2) is 5.82. The number of aromatic nitrogens is 4. The standard InChI is InChI=1S/C17H14N6O2/c1-9-12(17-20-7-8-25-17)23-15(18)14(21-9)16(24)22-11-5-4-10-3-2-6-19-13(10)11/h2-8,11H,1H3,(H2,18,23)(H,22,24). The summed E-state index contributed by atoms with van der Waals surface area (Å²) in [4.78, 5) is 29.4. The third-order valence-electron chi connectivity index (χ3n) is 3.87. The first-order valence-corrected chi connectivity index (χ1v) is 7.61. The number of anilines is 1. The van der Waals surface area contributed by atoms with Crippen molar-refractivity contribution in [2.75, 3.05) is 5.73 Å². The van der Waals surface area contributed by atoms with E-state index in [0.717, 1.165) is 11.3 Å². The average Bonchev–Trinajstić information content (AvgIpc) is 3.27. The number of carbonyl (C=O) groups excluding carboxylic acids is 1. The van der Waals surface area contributed by atoms with Crippen molar-refractivity contribution in [1.82, 2.24) is 25.3 Å². The average molecular weight is 334 g/mol. The molecule has 0 aromatic carbocycles. The van der Waals surface area contributed by atoms with E-state index >= 15 is 0 Å². The van der Waals surface area contributed by atoms with Crippen molar-refractivity contribution in [3.63, 3.8) is 0 Å². The van der Waals surface area contributed by atoms with Crippen LogP contribution in [0.4, 0.5) is 5.82 Å². The first-order chi connectivity index (χ1) is 12.1. The third-order valence-corrected chi connectivity index (χ3v) is 3.87. The Balaban J connectivity index is 1.61. The summed E-state index contributed by atoms with van der Waals surface area (Å²) in [6.07, 6.45) is 8.41. The van der Waals surface area contributed by atoms with Gasteiger partial charge in [-0.05, 0) is 18.6 Å². The van der Waals surface area contributed by atoms with E-state index in [1.54, 1.807) is 13.1 Å². The van der Waals surface area contributed by atoms with Gasteiger partial charge in [-0.3, -0.25) is 9.78 Å². The van der Waals surface area contributed by atoms with E-state index in [4.69, 9.17) is 10.2 Å². The molecule has 1 atom stereocenters. The fraction of sp³-hybridized carbons (Fsp3) is 0.118. The number of amides is 1. The fourth-order valence-electron chi connectivity index (χ4n) is 2.69. The van der Waals surface area contributed by atoms with Gasteiger partial charge in [-0.2, -0.15) is 0 Å². The van der Waals surface area contributed by atoms with Gasteiger partial charge in [0, 0.05) is 6.20 Å². The summed E-state index contributed by atoms with van der Waals surface area (Å²) < 4.78 is 5.22. The molecule has 0 bridgehead atoms. The van der Waals surface area contributed by atoms with E-state index in [9.17, 15) is 4.79 Å². The Hall–Kier alpha value is -3.55. The molecule has 0 saturated heterocycles. The minimum Gasteiger partial charge on any atom is -0.443 e. The summed E-state index contributed by atoms with van der Waals surface area (Å²) >= 11 is 0. The van der Waals surface area contributed by atoms with Crippen LogP contribution in [0.3, 0.4) is 0 Å². The van der Waals surface area contributed by atoms with Crippen molar-refractivity contribution in [2.24, 2.45) is 0 Å². The zero-order valence-corrected chi connectivity index (χ0v) is 13.3. The van der Waals surface area contributed by atoms with Gasteiger partial charge in [0.1, 0.15) is 12.0 Å². The van der Waals surface area contributed by atoms with Crippen LogP contribution < -0.4 is 11.1 Å². The van der Waals surface area contributed by atoms with E-state index in [-0.39, 0.29) is 17.6 Å². The van der Waals surface area contributed by atoms with Crippen LogP contribution in [0.5, 0.6) is 0 Å². The van der Waals surface area contributed by atoms with E-state index in [0.29, 0.717) is 17.3 Å². The summed E-state index contributed by atoms with van der Waals surface area (Å²) in [6, 6.07) is 3.47. The van der Waals surface area contributed by atoms with Gasteiger partial charge in [-0.25, -0.2) is 15.0 Å². The number of nitrogens with one attached hydrogen (secondary N) is 1. The topological polar surface area (TPSA) is 120 Å². The SMILES string of the molecule is Cc1nc(C(=O)NC2C=Cc3cccnc32)c(N)nc1-c1ncco1. The van der Waals surface area contributed by atoms with E-state index < -0.39 is 5.91 Å². The number of oxazole rings is 1. The van der Waals surface area contributed by atoms with Gasteiger partial charge in [0.05, 0.1) is 23.6 Å². The van der Waals surface area contributed by atoms with Gasteiger partial charge in [-0.1, -0.05) is 18.2 Å². The molecule has 3 aromatic rings. The van der Waals surface area contributed by atoms with Crippen LogP contribution in [0.2, 0.25) is 0 Å². The van der Waals surface area contributed by atoms with Crippen molar-refractivity contribution >= 4 is 17.8 Å². The zero-order chi connectivity index (χ0) is 17.4. The maximum absolute atomic E-state index is 12.6. The summed E-state index contributed by atoms with van der Waals surface area (Å²) in [5, 5.41) is 2.86. The largest absolute Gasteiger partial charge is 0.443 e. The zero-order valence-electron chi connectivity index (χ0n) is 13.3. The van der Waals surface area contributed by atoms with Gasteiger partial charge in [-0.15, -0.1) is 0 Å². The molecule has 1 amide bonds. The lowest BCUT2D eigenvalue weighted by molar-refractivity contribution is 0.0939. The third kappa shape index (κ3) is 2.63. The quantitative estimate of drug-likeness (QED) is 0.750. The highest BCUT2D eigenvalue weighted by Gasteiger charge is 2.24. The van der Waals surface area contributed by atoms with Crippen molar-refractivity contribution in [3.8, 4) is 11.6 Å². The lowest BCUT2D eigenvalue weighted by Gasteiger charge is -2.13. The Bertz CT molecular complexity index is 981. The molecule has 4 rings (SSSR count). The molecular formula is C17H14N6O2. The number of carbonyl (C=O) groups is 1. The minimum absolute atomic E-state index is 0.0134. The fourth-order valence-corrected chi connectivity index (χ4v) is 2.69. The highest BCUT2D eigenvalue weighted by atomic mass is 16.3. The molecular weight excluding hydrogens is 320 g/mol. The molecule has 8 nitrogen and oxygen atoms in total. The molecule has 0 aliphatic heterocycles. The molecule has 25 heavy (non-hydrogen) atoms. The molecule has 0 fully saturated rings. The summed E-state index contributed by atoms with van der Waals surface area (Å²) in [7, 11) is 0. The first kappa shape index (κ1) is 15.0. The Morgan fingerprint density at radius 1 is 1.28 bits per heavy atom. The first-order valence-electron chi connectivity index (χ1n) is 7.61.